The lowest BCUT2D eigenvalue weighted by Gasteiger charge is -2.39. The zero-order chi connectivity index (χ0) is 10.9. The maximum Gasteiger partial charge on any atom is 0.0901 e. The highest BCUT2D eigenvalue weighted by atomic mass is 16.3. The molecule has 0 aromatic heterocycles. The normalized spacial score (nSPS) is 36.5. The molecule has 15 heavy (non-hydrogen) atoms. The number of aliphatic hydroxyl groups is 1. The van der Waals surface area contributed by atoms with Gasteiger partial charge in [-0.05, 0) is 36.7 Å². The molecule has 1 aliphatic carbocycles. The van der Waals surface area contributed by atoms with Gasteiger partial charge in [0.05, 0.1) is 5.60 Å². The molecule has 1 N–H and O–H groups in total. The summed E-state index contributed by atoms with van der Waals surface area (Å²) in [5.74, 6) is 1.25. The zero-order valence-corrected chi connectivity index (χ0v) is 9.61. The van der Waals surface area contributed by atoms with Crippen LogP contribution in [0.2, 0.25) is 0 Å². The second kappa shape index (κ2) is 3.97. The second-order valence-electron chi connectivity index (χ2n) is 5.25. The highest BCUT2D eigenvalue weighted by molar-refractivity contribution is 5.23. The third kappa shape index (κ3) is 2.23. The molecule has 1 unspecified atom stereocenters. The first-order valence-electron chi connectivity index (χ1n) is 5.88. The monoisotopic (exact) mass is 204 g/mol. The van der Waals surface area contributed by atoms with Crippen molar-refractivity contribution in [3.63, 3.8) is 0 Å². The summed E-state index contributed by atoms with van der Waals surface area (Å²) in [5.41, 5.74) is 0.502. The third-order valence-corrected chi connectivity index (χ3v) is 3.49. The number of rotatable bonds is 1. The molecule has 1 aromatic carbocycles. The summed E-state index contributed by atoms with van der Waals surface area (Å²) in [6.07, 6.45) is 3.05. The molecule has 1 saturated carbocycles. The summed E-state index contributed by atoms with van der Waals surface area (Å²) in [5, 5.41) is 10.7. The van der Waals surface area contributed by atoms with E-state index in [2.05, 4.69) is 13.8 Å². The molecule has 1 heteroatoms. The van der Waals surface area contributed by atoms with Gasteiger partial charge in [-0.3, -0.25) is 0 Å². The highest BCUT2D eigenvalue weighted by Crippen LogP contribution is 2.42. The van der Waals surface area contributed by atoms with Gasteiger partial charge in [-0.15, -0.1) is 0 Å². The zero-order valence-electron chi connectivity index (χ0n) is 9.61. The third-order valence-electron chi connectivity index (χ3n) is 3.49. The smallest absolute Gasteiger partial charge is 0.0901 e. The summed E-state index contributed by atoms with van der Waals surface area (Å²) in [6, 6.07) is 10.1. The van der Waals surface area contributed by atoms with Gasteiger partial charge in [0.2, 0.25) is 0 Å². The minimum Gasteiger partial charge on any atom is -0.385 e. The van der Waals surface area contributed by atoms with Crippen LogP contribution in [0, 0.1) is 11.8 Å². The SMILES string of the molecule is C[C@@H]1C[C@H](C)CC(O)(c2ccccc2)C1. The van der Waals surface area contributed by atoms with Gasteiger partial charge in [0, 0.05) is 0 Å². The first-order chi connectivity index (χ1) is 7.10. The van der Waals surface area contributed by atoms with Gasteiger partial charge in [-0.25, -0.2) is 0 Å². The average molecular weight is 204 g/mol. The Kier molecular flexibility index (Phi) is 2.83. The molecule has 1 fully saturated rings. The molecule has 1 aliphatic rings. The quantitative estimate of drug-likeness (QED) is 0.744. The molecular weight excluding hydrogens is 184 g/mol. The minimum atomic E-state index is -0.585. The van der Waals surface area contributed by atoms with E-state index in [1.165, 1.54) is 6.42 Å². The van der Waals surface area contributed by atoms with Gasteiger partial charge in [0.25, 0.3) is 0 Å². The van der Waals surface area contributed by atoms with Gasteiger partial charge >= 0.3 is 0 Å². The number of benzene rings is 1. The van der Waals surface area contributed by atoms with Crippen LogP contribution >= 0.6 is 0 Å². The van der Waals surface area contributed by atoms with E-state index in [1.807, 2.05) is 30.3 Å². The van der Waals surface area contributed by atoms with Crippen molar-refractivity contribution in [3.8, 4) is 0 Å². The molecule has 0 amide bonds. The van der Waals surface area contributed by atoms with E-state index in [9.17, 15) is 5.11 Å². The molecule has 3 atom stereocenters. The van der Waals surface area contributed by atoms with Gasteiger partial charge in [-0.2, -0.15) is 0 Å². The van der Waals surface area contributed by atoms with Gasteiger partial charge < -0.3 is 5.11 Å². The Labute approximate surface area is 92.1 Å². The van der Waals surface area contributed by atoms with E-state index in [1.54, 1.807) is 0 Å². The molecule has 0 radical (unpaired) electrons. The van der Waals surface area contributed by atoms with E-state index in [0.717, 1.165) is 18.4 Å². The lowest BCUT2D eigenvalue weighted by molar-refractivity contribution is -0.0362. The summed E-state index contributed by atoms with van der Waals surface area (Å²) in [4.78, 5) is 0. The Morgan fingerprint density at radius 1 is 1.07 bits per heavy atom. The van der Waals surface area contributed by atoms with Crippen molar-refractivity contribution in [2.75, 3.05) is 0 Å². The molecule has 0 aliphatic heterocycles. The topological polar surface area (TPSA) is 20.2 Å². The fourth-order valence-corrected chi connectivity index (χ4v) is 3.07. The largest absolute Gasteiger partial charge is 0.385 e. The van der Waals surface area contributed by atoms with Crippen LogP contribution in [-0.2, 0) is 5.60 Å². The van der Waals surface area contributed by atoms with E-state index in [0.29, 0.717) is 11.8 Å². The summed E-state index contributed by atoms with van der Waals surface area (Å²) < 4.78 is 0. The Hall–Kier alpha value is -0.820. The Morgan fingerprint density at radius 2 is 1.60 bits per heavy atom. The summed E-state index contributed by atoms with van der Waals surface area (Å²) in [7, 11) is 0. The Morgan fingerprint density at radius 3 is 2.13 bits per heavy atom. The predicted octanol–water partition coefficient (Wildman–Crippen LogP) is 3.33. The fraction of sp³-hybridized carbons (Fsp3) is 0.571. The van der Waals surface area contributed by atoms with E-state index in [-0.39, 0.29) is 0 Å². The first-order valence-corrected chi connectivity index (χ1v) is 5.88. The molecule has 82 valence electrons. The maximum absolute atomic E-state index is 10.7. The van der Waals surface area contributed by atoms with Crippen LogP contribution in [-0.4, -0.2) is 5.11 Å². The van der Waals surface area contributed by atoms with Crippen molar-refractivity contribution >= 4 is 0 Å². The summed E-state index contributed by atoms with van der Waals surface area (Å²) in [6.45, 7) is 4.48. The standard InChI is InChI=1S/C14H20O/c1-11-8-12(2)10-14(15,9-11)13-6-4-3-5-7-13/h3-7,11-12,15H,8-10H2,1-2H3/t11-,12+,14?. The molecule has 1 aromatic rings. The lowest BCUT2D eigenvalue weighted by atomic mass is 9.71. The number of hydrogen-bond acceptors (Lipinski definition) is 1. The van der Waals surface area contributed by atoms with Gasteiger partial charge in [0.1, 0.15) is 0 Å². The van der Waals surface area contributed by atoms with Crippen LogP contribution in [0.3, 0.4) is 0 Å². The number of hydrogen-bond donors (Lipinski definition) is 1. The van der Waals surface area contributed by atoms with Gasteiger partial charge in [-0.1, -0.05) is 44.2 Å². The van der Waals surface area contributed by atoms with Crippen molar-refractivity contribution in [1.29, 1.82) is 0 Å². The van der Waals surface area contributed by atoms with Gasteiger partial charge in [0.15, 0.2) is 0 Å². The van der Waals surface area contributed by atoms with Crippen LogP contribution in [0.15, 0.2) is 30.3 Å². The van der Waals surface area contributed by atoms with Crippen LogP contribution < -0.4 is 0 Å². The molecule has 0 bridgehead atoms. The van der Waals surface area contributed by atoms with Crippen LogP contribution in [0.4, 0.5) is 0 Å². The molecule has 1 nitrogen and oxygen atoms in total. The van der Waals surface area contributed by atoms with Crippen molar-refractivity contribution < 1.29 is 5.11 Å². The van der Waals surface area contributed by atoms with Crippen molar-refractivity contribution in [2.24, 2.45) is 11.8 Å². The minimum absolute atomic E-state index is 0.585. The van der Waals surface area contributed by atoms with Crippen molar-refractivity contribution in [3.05, 3.63) is 35.9 Å². The Bertz CT molecular complexity index is 307. The van der Waals surface area contributed by atoms with Crippen molar-refractivity contribution in [2.45, 2.75) is 38.7 Å². The predicted molar refractivity (Wildman–Crippen MR) is 62.5 cm³/mol. The second-order valence-corrected chi connectivity index (χ2v) is 5.25. The molecule has 0 spiro atoms. The molecular formula is C14H20O. The van der Waals surface area contributed by atoms with Crippen molar-refractivity contribution in [1.82, 2.24) is 0 Å². The first kappa shape index (κ1) is 10.7. The van der Waals surface area contributed by atoms with E-state index >= 15 is 0 Å². The average Bonchev–Trinajstić information content (AvgIpc) is 2.17. The summed E-state index contributed by atoms with van der Waals surface area (Å²) >= 11 is 0. The molecule has 0 heterocycles. The highest BCUT2D eigenvalue weighted by Gasteiger charge is 2.37. The maximum atomic E-state index is 10.7. The van der Waals surface area contributed by atoms with E-state index < -0.39 is 5.60 Å². The molecule has 2 rings (SSSR count). The Balaban J connectivity index is 2.26. The lowest BCUT2D eigenvalue weighted by Crippen LogP contribution is -2.35. The molecule has 0 saturated heterocycles. The van der Waals surface area contributed by atoms with Crippen LogP contribution in [0.25, 0.3) is 0 Å². The van der Waals surface area contributed by atoms with E-state index in [4.69, 9.17) is 0 Å². The van der Waals surface area contributed by atoms with Crippen LogP contribution in [0.1, 0.15) is 38.7 Å². The fourth-order valence-electron chi connectivity index (χ4n) is 3.07. The van der Waals surface area contributed by atoms with Crippen LogP contribution in [0.5, 0.6) is 0 Å².